The van der Waals surface area contributed by atoms with E-state index in [1.54, 1.807) is 16.2 Å². The van der Waals surface area contributed by atoms with Gasteiger partial charge in [-0.3, -0.25) is 4.79 Å². The topological polar surface area (TPSA) is 81.3 Å². The van der Waals surface area contributed by atoms with Gasteiger partial charge in [0.1, 0.15) is 12.7 Å². The van der Waals surface area contributed by atoms with Crippen LogP contribution in [-0.4, -0.2) is 31.8 Å². The molecular formula is C12H13BrN4O3S. The van der Waals surface area contributed by atoms with Gasteiger partial charge in [0.2, 0.25) is 12.2 Å². The van der Waals surface area contributed by atoms with Crippen LogP contribution in [0.4, 0.5) is 5.82 Å². The maximum Gasteiger partial charge on any atom is 0.381 e. The third kappa shape index (κ3) is 4.11. The summed E-state index contributed by atoms with van der Waals surface area (Å²) in [6, 6.07) is 3.91. The van der Waals surface area contributed by atoms with E-state index in [2.05, 4.69) is 20.9 Å². The molecule has 0 aromatic carbocycles. The predicted octanol–water partition coefficient (Wildman–Crippen LogP) is 2.66. The van der Waals surface area contributed by atoms with Gasteiger partial charge in [-0.05, 0) is 44.9 Å². The maximum atomic E-state index is 12.2. The first kappa shape index (κ1) is 15.6. The monoisotopic (exact) mass is 372 g/mol. The summed E-state index contributed by atoms with van der Waals surface area (Å²) in [5.74, 6) is -0.359. The minimum Gasteiger partial charge on any atom is -0.358 e. The van der Waals surface area contributed by atoms with E-state index in [1.165, 1.54) is 17.1 Å². The van der Waals surface area contributed by atoms with E-state index in [1.807, 2.05) is 19.1 Å². The SMILES string of the molecule is CCN(Cc1ccc(Br)s1)C(=O)Cn1cnc([N+](=O)[O-])c1. The van der Waals surface area contributed by atoms with Gasteiger partial charge in [0.15, 0.2) is 0 Å². The Morgan fingerprint density at radius 2 is 2.33 bits per heavy atom. The Balaban J connectivity index is 2.00. The highest BCUT2D eigenvalue weighted by Crippen LogP contribution is 2.23. The molecule has 0 saturated heterocycles. The molecule has 7 nitrogen and oxygen atoms in total. The Hall–Kier alpha value is -1.74. The number of carbonyl (C=O) groups is 1. The number of likely N-dealkylation sites (N-methyl/N-ethyl adjacent to an activating group) is 1. The molecule has 0 spiro atoms. The predicted molar refractivity (Wildman–Crippen MR) is 82.0 cm³/mol. The zero-order valence-electron chi connectivity index (χ0n) is 11.2. The first-order valence-corrected chi connectivity index (χ1v) is 7.78. The van der Waals surface area contributed by atoms with Gasteiger partial charge in [0, 0.05) is 11.4 Å². The number of thiophene rings is 1. The van der Waals surface area contributed by atoms with Gasteiger partial charge in [-0.15, -0.1) is 11.3 Å². The molecule has 112 valence electrons. The van der Waals surface area contributed by atoms with Crippen molar-refractivity contribution < 1.29 is 9.72 Å². The highest BCUT2D eigenvalue weighted by atomic mass is 79.9. The molecule has 0 saturated carbocycles. The van der Waals surface area contributed by atoms with Crippen molar-refractivity contribution >= 4 is 39.0 Å². The summed E-state index contributed by atoms with van der Waals surface area (Å²) in [4.78, 5) is 28.6. The third-order valence-electron chi connectivity index (χ3n) is 2.83. The molecule has 0 fully saturated rings. The molecule has 0 atom stereocenters. The molecule has 2 aromatic heterocycles. The fourth-order valence-corrected chi connectivity index (χ4v) is 3.29. The van der Waals surface area contributed by atoms with Gasteiger partial charge in [-0.1, -0.05) is 0 Å². The smallest absolute Gasteiger partial charge is 0.358 e. The number of nitrogens with zero attached hydrogens (tertiary/aromatic N) is 4. The molecule has 2 rings (SSSR count). The minimum absolute atomic E-state index is 0.0429. The molecule has 0 radical (unpaired) electrons. The van der Waals surface area contributed by atoms with Crippen LogP contribution in [0.3, 0.4) is 0 Å². The molecule has 0 aliphatic heterocycles. The quantitative estimate of drug-likeness (QED) is 0.576. The number of nitro groups is 1. The molecule has 0 unspecified atom stereocenters. The maximum absolute atomic E-state index is 12.2. The molecular weight excluding hydrogens is 360 g/mol. The number of hydrogen-bond acceptors (Lipinski definition) is 5. The van der Waals surface area contributed by atoms with Gasteiger partial charge in [0.05, 0.1) is 10.3 Å². The van der Waals surface area contributed by atoms with Gasteiger partial charge in [0.25, 0.3) is 0 Å². The van der Waals surface area contributed by atoms with E-state index in [9.17, 15) is 14.9 Å². The van der Waals surface area contributed by atoms with Crippen LogP contribution in [-0.2, 0) is 17.9 Å². The van der Waals surface area contributed by atoms with Gasteiger partial charge in [-0.2, -0.15) is 0 Å². The number of imidazole rings is 1. The molecule has 2 heterocycles. The number of carbonyl (C=O) groups excluding carboxylic acids is 1. The number of aromatic nitrogens is 2. The fourth-order valence-electron chi connectivity index (χ4n) is 1.79. The van der Waals surface area contributed by atoms with Gasteiger partial charge < -0.3 is 19.6 Å². The second-order valence-corrected chi connectivity index (χ2v) is 6.82. The van der Waals surface area contributed by atoms with Crippen LogP contribution in [0.15, 0.2) is 28.4 Å². The van der Waals surface area contributed by atoms with Crippen LogP contribution in [0, 0.1) is 10.1 Å². The highest BCUT2D eigenvalue weighted by Gasteiger charge is 2.16. The Labute approximate surface area is 133 Å². The number of amides is 1. The van der Waals surface area contributed by atoms with Crippen molar-refractivity contribution in [3.05, 3.63) is 43.4 Å². The summed E-state index contributed by atoms with van der Waals surface area (Å²) >= 11 is 4.97. The Kier molecular flexibility index (Phi) is 5.07. The Morgan fingerprint density at radius 1 is 1.57 bits per heavy atom. The molecule has 0 aliphatic rings. The lowest BCUT2D eigenvalue weighted by atomic mass is 10.4. The van der Waals surface area contributed by atoms with Crippen molar-refractivity contribution in [3.63, 3.8) is 0 Å². The summed E-state index contributed by atoms with van der Waals surface area (Å²) in [5.41, 5.74) is 0. The summed E-state index contributed by atoms with van der Waals surface area (Å²) in [6.45, 7) is 3.05. The zero-order valence-corrected chi connectivity index (χ0v) is 13.6. The van der Waals surface area contributed by atoms with E-state index in [0.29, 0.717) is 13.1 Å². The lowest BCUT2D eigenvalue weighted by molar-refractivity contribution is -0.389. The zero-order chi connectivity index (χ0) is 15.4. The van der Waals surface area contributed by atoms with Crippen LogP contribution in [0.2, 0.25) is 0 Å². The van der Waals surface area contributed by atoms with Crippen molar-refractivity contribution in [2.45, 2.75) is 20.0 Å². The Morgan fingerprint density at radius 3 is 2.86 bits per heavy atom. The van der Waals surface area contributed by atoms with Crippen LogP contribution in [0.25, 0.3) is 0 Å². The molecule has 1 amide bonds. The van der Waals surface area contributed by atoms with Crippen molar-refractivity contribution in [1.82, 2.24) is 14.5 Å². The number of halogens is 1. The van der Waals surface area contributed by atoms with Gasteiger partial charge >= 0.3 is 5.82 Å². The van der Waals surface area contributed by atoms with Crippen molar-refractivity contribution in [3.8, 4) is 0 Å². The number of rotatable bonds is 6. The van der Waals surface area contributed by atoms with E-state index < -0.39 is 4.92 Å². The summed E-state index contributed by atoms with van der Waals surface area (Å²) in [6.07, 6.45) is 2.55. The van der Waals surface area contributed by atoms with Gasteiger partial charge in [-0.25, -0.2) is 0 Å². The third-order valence-corrected chi connectivity index (χ3v) is 4.44. The van der Waals surface area contributed by atoms with Crippen LogP contribution in [0.5, 0.6) is 0 Å². The van der Waals surface area contributed by atoms with E-state index in [-0.39, 0.29) is 18.3 Å². The largest absolute Gasteiger partial charge is 0.381 e. The van der Waals surface area contributed by atoms with Crippen LogP contribution in [0.1, 0.15) is 11.8 Å². The minimum atomic E-state index is -0.582. The van der Waals surface area contributed by atoms with E-state index in [0.717, 1.165) is 8.66 Å². The van der Waals surface area contributed by atoms with Crippen molar-refractivity contribution in [1.29, 1.82) is 0 Å². The molecule has 21 heavy (non-hydrogen) atoms. The normalized spacial score (nSPS) is 10.6. The lowest BCUT2D eigenvalue weighted by Crippen LogP contribution is -2.32. The van der Waals surface area contributed by atoms with E-state index in [4.69, 9.17) is 0 Å². The second kappa shape index (κ2) is 6.81. The second-order valence-electron chi connectivity index (χ2n) is 4.28. The first-order chi connectivity index (χ1) is 9.99. The first-order valence-electron chi connectivity index (χ1n) is 6.17. The standard InChI is InChI=1S/C12H13BrN4O3S/c1-2-16(5-9-3-4-10(13)21-9)12(18)7-15-6-11(14-8-15)17(19)20/h3-4,6,8H,2,5,7H2,1H3. The lowest BCUT2D eigenvalue weighted by Gasteiger charge is -2.20. The Bertz CT molecular complexity index is 654. The number of hydrogen-bond donors (Lipinski definition) is 0. The van der Waals surface area contributed by atoms with Crippen molar-refractivity contribution in [2.24, 2.45) is 0 Å². The average Bonchev–Trinajstić information content (AvgIpc) is 3.05. The highest BCUT2D eigenvalue weighted by molar-refractivity contribution is 9.11. The molecule has 2 aromatic rings. The molecule has 0 aliphatic carbocycles. The summed E-state index contributed by atoms with van der Waals surface area (Å²) in [7, 11) is 0. The average molecular weight is 373 g/mol. The van der Waals surface area contributed by atoms with Crippen LogP contribution < -0.4 is 0 Å². The summed E-state index contributed by atoms with van der Waals surface area (Å²) < 4.78 is 2.44. The van der Waals surface area contributed by atoms with Crippen molar-refractivity contribution in [2.75, 3.05) is 6.54 Å². The molecule has 0 N–H and O–H groups in total. The summed E-state index contributed by atoms with van der Waals surface area (Å²) in [5, 5.41) is 10.6. The fraction of sp³-hybridized carbons (Fsp3) is 0.333. The van der Waals surface area contributed by atoms with E-state index >= 15 is 0 Å². The molecule has 9 heteroatoms. The van der Waals surface area contributed by atoms with Crippen LogP contribution >= 0.6 is 27.3 Å². The molecule has 0 bridgehead atoms.